The van der Waals surface area contributed by atoms with Crippen LogP contribution < -0.4 is 0 Å². The van der Waals surface area contributed by atoms with Crippen molar-refractivity contribution in [1.29, 1.82) is 0 Å². The third-order valence-electron chi connectivity index (χ3n) is 4.97. The van der Waals surface area contributed by atoms with Crippen molar-refractivity contribution in [3.63, 3.8) is 0 Å². The minimum Gasteiger partial charge on any atom is -0.318 e. The van der Waals surface area contributed by atoms with Gasteiger partial charge in [0.1, 0.15) is 5.54 Å². The molecule has 102 valence electrons. The average molecular weight is 248 g/mol. The van der Waals surface area contributed by atoms with Crippen LogP contribution in [0.15, 0.2) is 24.3 Å². The molecule has 0 aliphatic rings. The average Bonchev–Trinajstić information content (AvgIpc) is 2.28. The Morgan fingerprint density at radius 2 is 1.44 bits per heavy atom. The lowest BCUT2D eigenvalue weighted by Gasteiger charge is -2.49. The van der Waals surface area contributed by atoms with Gasteiger partial charge in [-0.2, -0.15) is 0 Å². The van der Waals surface area contributed by atoms with Crippen LogP contribution in [0.4, 0.5) is 0 Å². The van der Waals surface area contributed by atoms with E-state index in [9.17, 15) is 0 Å². The van der Waals surface area contributed by atoms with E-state index in [1.54, 1.807) is 0 Å². The largest absolute Gasteiger partial charge is 0.318 e. The summed E-state index contributed by atoms with van der Waals surface area (Å²) in [5.74, 6) is 0.577. The van der Waals surface area contributed by atoms with Crippen molar-refractivity contribution in [3.05, 3.63) is 35.4 Å². The standard InChI is InChI=1S/C17H30N/c1-13(2)15-11-9-10-12-16(15)17(5,6)18(7,8)14(3)4/h9-14H,1-8H3/q+1. The molecule has 1 aromatic rings. The highest BCUT2D eigenvalue weighted by atomic mass is 15.4. The number of benzene rings is 1. The third kappa shape index (κ3) is 2.47. The Morgan fingerprint density at radius 3 is 1.89 bits per heavy atom. The van der Waals surface area contributed by atoms with Crippen LogP contribution in [0.25, 0.3) is 0 Å². The summed E-state index contributed by atoms with van der Waals surface area (Å²) < 4.78 is 0.997. The van der Waals surface area contributed by atoms with Crippen LogP contribution >= 0.6 is 0 Å². The second kappa shape index (κ2) is 5.05. The number of nitrogens with zero attached hydrogens (tertiary/aromatic N) is 1. The van der Waals surface area contributed by atoms with Gasteiger partial charge in [0, 0.05) is 5.56 Å². The zero-order chi connectivity index (χ0) is 14.1. The van der Waals surface area contributed by atoms with E-state index < -0.39 is 0 Å². The highest BCUT2D eigenvalue weighted by Crippen LogP contribution is 2.38. The highest BCUT2D eigenvalue weighted by molar-refractivity contribution is 5.33. The topological polar surface area (TPSA) is 0 Å². The van der Waals surface area contributed by atoms with Gasteiger partial charge in [-0.3, -0.25) is 0 Å². The molecule has 1 nitrogen and oxygen atoms in total. The SMILES string of the molecule is CC(C)c1ccccc1C(C)(C)[N+](C)(C)C(C)C. The Hall–Kier alpha value is -0.820. The molecule has 1 heteroatoms. The lowest BCUT2D eigenvalue weighted by atomic mass is 9.82. The van der Waals surface area contributed by atoms with E-state index in [4.69, 9.17) is 0 Å². The van der Waals surface area contributed by atoms with Gasteiger partial charge < -0.3 is 4.48 Å². The minimum atomic E-state index is 0.120. The molecule has 1 rings (SSSR count). The Bertz CT molecular complexity index is 400. The summed E-state index contributed by atoms with van der Waals surface area (Å²) >= 11 is 0. The summed E-state index contributed by atoms with van der Waals surface area (Å²) in [4.78, 5) is 0. The van der Waals surface area contributed by atoms with Crippen molar-refractivity contribution >= 4 is 0 Å². The van der Waals surface area contributed by atoms with Gasteiger partial charge in [0.25, 0.3) is 0 Å². The fourth-order valence-corrected chi connectivity index (χ4v) is 2.51. The van der Waals surface area contributed by atoms with E-state index in [0.717, 1.165) is 4.48 Å². The first-order chi connectivity index (χ1) is 8.12. The maximum Gasteiger partial charge on any atom is 0.119 e. The van der Waals surface area contributed by atoms with Gasteiger partial charge in [0.05, 0.1) is 20.1 Å². The first-order valence-electron chi connectivity index (χ1n) is 7.05. The molecular formula is C17H30N+. The van der Waals surface area contributed by atoms with Crippen molar-refractivity contribution in [3.8, 4) is 0 Å². The van der Waals surface area contributed by atoms with Crippen LogP contribution in [0.3, 0.4) is 0 Å². The van der Waals surface area contributed by atoms with E-state index in [0.29, 0.717) is 12.0 Å². The van der Waals surface area contributed by atoms with E-state index in [1.807, 2.05) is 0 Å². The van der Waals surface area contributed by atoms with E-state index in [2.05, 4.69) is 79.9 Å². The van der Waals surface area contributed by atoms with Crippen LogP contribution in [0.5, 0.6) is 0 Å². The number of quaternary nitrogens is 1. The fraction of sp³-hybridized carbons (Fsp3) is 0.647. The van der Waals surface area contributed by atoms with Crippen LogP contribution in [0, 0.1) is 0 Å². The van der Waals surface area contributed by atoms with Gasteiger partial charge in [0.15, 0.2) is 0 Å². The maximum absolute atomic E-state index is 2.37. The van der Waals surface area contributed by atoms with Gasteiger partial charge in [-0.15, -0.1) is 0 Å². The molecular weight excluding hydrogens is 218 g/mol. The van der Waals surface area contributed by atoms with Gasteiger partial charge in [0.2, 0.25) is 0 Å². The van der Waals surface area contributed by atoms with Gasteiger partial charge in [-0.25, -0.2) is 0 Å². The van der Waals surface area contributed by atoms with E-state index >= 15 is 0 Å². The van der Waals surface area contributed by atoms with Gasteiger partial charge >= 0.3 is 0 Å². The summed E-state index contributed by atoms with van der Waals surface area (Å²) in [6.07, 6.45) is 0. The smallest absolute Gasteiger partial charge is 0.119 e. The molecule has 0 heterocycles. The first-order valence-corrected chi connectivity index (χ1v) is 7.05. The quantitative estimate of drug-likeness (QED) is 0.687. The molecule has 0 aliphatic carbocycles. The molecule has 1 aromatic carbocycles. The molecule has 0 saturated heterocycles. The maximum atomic E-state index is 2.37. The minimum absolute atomic E-state index is 0.120. The number of hydrogen-bond acceptors (Lipinski definition) is 0. The molecule has 0 bridgehead atoms. The lowest BCUT2D eigenvalue weighted by molar-refractivity contribution is -0.964. The van der Waals surface area contributed by atoms with Crippen LogP contribution in [0.2, 0.25) is 0 Å². The lowest BCUT2D eigenvalue weighted by Crippen LogP contribution is -2.58. The number of hydrogen-bond donors (Lipinski definition) is 0. The molecule has 0 aliphatic heterocycles. The summed E-state index contributed by atoms with van der Waals surface area (Å²) in [6, 6.07) is 9.51. The second-order valence-electron chi connectivity index (χ2n) is 6.93. The molecule has 0 N–H and O–H groups in total. The molecule has 18 heavy (non-hydrogen) atoms. The summed E-state index contributed by atoms with van der Waals surface area (Å²) in [5.41, 5.74) is 3.09. The van der Waals surface area contributed by atoms with Crippen molar-refractivity contribution in [2.75, 3.05) is 14.1 Å². The first kappa shape index (κ1) is 15.2. The second-order valence-corrected chi connectivity index (χ2v) is 6.93. The summed E-state index contributed by atoms with van der Waals surface area (Å²) in [5, 5.41) is 0. The fourth-order valence-electron chi connectivity index (χ4n) is 2.51. The zero-order valence-electron chi connectivity index (χ0n) is 13.4. The highest BCUT2D eigenvalue weighted by Gasteiger charge is 2.41. The molecule has 0 fully saturated rings. The molecule has 0 unspecified atom stereocenters. The Morgan fingerprint density at radius 1 is 0.944 bits per heavy atom. The Labute approximate surface area is 113 Å². The predicted octanol–water partition coefficient (Wildman–Crippen LogP) is 4.53. The number of rotatable bonds is 4. The molecule has 0 amide bonds. The van der Waals surface area contributed by atoms with Crippen LogP contribution in [-0.2, 0) is 5.54 Å². The van der Waals surface area contributed by atoms with Gasteiger partial charge in [-0.1, -0.05) is 38.1 Å². The third-order valence-corrected chi connectivity index (χ3v) is 4.97. The van der Waals surface area contributed by atoms with Gasteiger partial charge in [-0.05, 0) is 39.2 Å². The molecule has 0 radical (unpaired) electrons. The normalized spacial score (nSPS) is 13.4. The van der Waals surface area contributed by atoms with Crippen molar-refractivity contribution in [2.24, 2.45) is 0 Å². The van der Waals surface area contributed by atoms with Crippen molar-refractivity contribution < 1.29 is 4.48 Å². The molecule has 0 aromatic heterocycles. The van der Waals surface area contributed by atoms with Crippen LogP contribution in [0.1, 0.15) is 58.6 Å². The Kier molecular flexibility index (Phi) is 4.27. The van der Waals surface area contributed by atoms with Crippen LogP contribution in [-0.4, -0.2) is 24.6 Å². The summed E-state index contributed by atoms with van der Waals surface area (Å²) in [6.45, 7) is 13.9. The molecule has 0 atom stereocenters. The zero-order valence-corrected chi connectivity index (χ0v) is 13.4. The monoisotopic (exact) mass is 248 g/mol. The Balaban J connectivity index is 3.37. The molecule has 0 saturated carbocycles. The predicted molar refractivity (Wildman–Crippen MR) is 80.8 cm³/mol. The van der Waals surface area contributed by atoms with E-state index in [-0.39, 0.29) is 5.54 Å². The van der Waals surface area contributed by atoms with E-state index in [1.165, 1.54) is 11.1 Å². The van der Waals surface area contributed by atoms with Crippen molar-refractivity contribution in [2.45, 2.75) is 59.0 Å². The van der Waals surface area contributed by atoms with Crippen molar-refractivity contribution in [1.82, 2.24) is 0 Å². The molecule has 0 spiro atoms. The summed E-state index contributed by atoms with van der Waals surface area (Å²) in [7, 11) is 4.67.